The van der Waals surface area contributed by atoms with E-state index < -0.39 is 0 Å². The predicted molar refractivity (Wildman–Crippen MR) is 66.8 cm³/mol. The van der Waals surface area contributed by atoms with Gasteiger partial charge in [0.1, 0.15) is 10.0 Å². The Kier molecular flexibility index (Phi) is 4.02. The molecule has 0 aliphatic carbocycles. The van der Waals surface area contributed by atoms with Crippen LogP contribution in [0.5, 0.6) is 0 Å². The van der Waals surface area contributed by atoms with Gasteiger partial charge in [-0.1, -0.05) is 30.3 Å². The van der Waals surface area contributed by atoms with Crippen molar-refractivity contribution in [1.82, 2.24) is 15.5 Å². The van der Waals surface area contributed by atoms with E-state index in [1.807, 2.05) is 13.1 Å². The van der Waals surface area contributed by atoms with Gasteiger partial charge in [0.25, 0.3) is 0 Å². The van der Waals surface area contributed by atoms with E-state index in [1.165, 1.54) is 5.56 Å². The Morgan fingerprint density at radius 3 is 2.62 bits per heavy atom. The summed E-state index contributed by atoms with van der Waals surface area (Å²) in [6.07, 6.45) is 1.85. The largest absolute Gasteiger partial charge is 0.319 e. The van der Waals surface area contributed by atoms with Gasteiger partial charge in [-0.3, -0.25) is 0 Å². The molecule has 1 aromatic carbocycles. The average molecular weight is 233 g/mol. The number of hydrogen-bond acceptors (Lipinski definition) is 4. The molecule has 1 heterocycles. The molecule has 0 aliphatic rings. The van der Waals surface area contributed by atoms with Crippen LogP contribution in [-0.4, -0.2) is 23.8 Å². The summed E-state index contributed by atoms with van der Waals surface area (Å²) in [6, 6.07) is 10.4. The number of aromatic nitrogens is 2. The van der Waals surface area contributed by atoms with Crippen LogP contribution in [0.1, 0.15) is 15.6 Å². The molecule has 0 radical (unpaired) electrons. The molecule has 0 amide bonds. The smallest absolute Gasteiger partial charge is 0.121 e. The first-order chi connectivity index (χ1) is 7.88. The Balaban J connectivity index is 1.97. The van der Waals surface area contributed by atoms with Gasteiger partial charge < -0.3 is 5.32 Å². The van der Waals surface area contributed by atoms with Crippen LogP contribution in [-0.2, 0) is 12.8 Å². The SMILES string of the molecule is CNCCc1nnc(Cc2ccccc2)s1. The quantitative estimate of drug-likeness (QED) is 0.857. The van der Waals surface area contributed by atoms with Gasteiger partial charge in [-0.2, -0.15) is 0 Å². The maximum absolute atomic E-state index is 4.21. The third-order valence-electron chi connectivity index (χ3n) is 2.30. The van der Waals surface area contributed by atoms with Crippen molar-refractivity contribution in [2.24, 2.45) is 0 Å². The third kappa shape index (κ3) is 3.12. The molecule has 4 heteroatoms. The number of hydrogen-bond donors (Lipinski definition) is 1. The van der Waals surface area contributed by atoms with Crippen molar-refractivity contribution < 1.29 is 0 Å². The van der Waals surface area contributed by atoms with Crippen molar-refractivity contribution in [3.8, 4) is 0 Å². The Hall–Kier alpha value is -1.26. The van der Waals surface area contributed by atoms with Crippen LogP contribution in [0.2, 0.25) is 0 Å². The van der Waals surface area contributed by atoms with Gasteiger partial charge in [-0.15, -0.1) is 21.5 Å². The van der Waals surface area contributed by atoms with Crippen LogP contribution >= 0.6 is 11.3 Å². The Bertz CT molecular complexity index is 425. The van der Waals surface area contributed by atoms with Gasteiger partial charge in [-0.05, 0) is 12.6 Å². The molecule has 0 saturated carbocycles. The molecule has 84 valence electrons. The highest BCUT2D eigenvalue weighted by Gasteiger charge is 2.04. The molecule has 0 bridgehead atoms. The molecule has 0 spiro atoms. The average Bonchev–Trinajstić information content (AvgIpc) is 2.75. The van der Waals surface area contributed by atoms with E-state index in [0.717, 1.165) is 29.4 Å². The zero-order valence-corrected chi connectivity index (χ0v) is 10.1. The standard InChI is InChI=1S/C12H15N3S/c1-13-8-7-11-14-15-12(16-11)9-10-5-3-2-4-6-10/h2-6,13H,7-9H2,1H3. The van der Waals surface area contributed by atoms with Gasteiger partial charge >= 0.3 is 0 Å². The summed E-state index contributed by atoms with van der Waals surface area (Å²) in [5.74, 6) is 0. The van der Waals surface area contributed by atoms with Crippen molar-refractivity contribution in [3.05, 3.63) is 45.9 Å². The molecule has 16 heavy (non-hydrogen) atoms. The van der Waals surface area contributed by atoms with Gasteiger partial charge in [-0.25, -0.2) is 0 Å². The summed E-state index contributed by atoms with van der Waals surface area (Å²) >= 11 is 1.71. The summed E-state index contributed by atoms with van der Waals surface area (Å²) in [6.45, 7) is 0.958. The zero-order chi connectivity index (χ0) is 11.2. The fourth-order valence-electron chi connectivity index (χ4n) is 1.46. The molecule has 3 nitrogen and oxygen atoms in total. The fraction of sp³-hybridized carbons (Fsp3) is 0.333. The fourth-order valence-corrected chi connectivity index (χ4v) is 2.34. The number of nitrogens with zero attached hydrogens (tertiary/aromatic N) is 2. The second-order valence-corrected chi connectivity index (χ2v) is 4.75. The highest BCUT2D eigenvalue weighted by Crippen LogP contribution is 2.14. The molecular formula is C12H15N3S. The van der Waals surface area contributed by atoms with E-state index in [9.17, 15) is 0 Å². The lowest BCUT2D eigenvalue weighted by Gasteiger charge is -1.95. The molecule has 0 fully saturated rings. The number of benzene rings is 1. The van der Waals surface area contributed by atoms with Crippen LogP contribution in [0.25, 0.3) is 0 Å². The minimum atomic E-state index is 0.887. The minimum Gasteiger partial charge on any atom is -0.319 e. The van der Waals surface area contributed by atoms with E-state index in [1.54, 1.807) is 11.3 Å². The molecule has 0 atom stereocenters. The van der Waals surface area contributed by atoms with Gasteiger partial charge in [0.2, 0.25) is 0 Å². The Labute approximate surface area is 99.5 Å². The monoisotopic (exact) mass is 233 g/mol. The van der Waals surface area contributed by atoms with Crippen LogP contribution in [0.4, 0.5) is 0 Å². The predicted octanol–water partition coefficient (Wildman–Crippen LogP) is 1.89. The highest BCUT2D eigenvalue weighted by molar-refractivity contribution is 7.11. The summed E-state index contributed by atoms with van der Waals surface area (Å²) in [5, 5.41) is 13.7. The zero-order valence-electron chi connectivity index (χ0n) is 9.31. The maximum atomic E-state index is 4.21. The van der Waals surface area contributed by atoms with E-state index in [2.05, 4.69) is 39.8 Å². The molecule has 0 unspecified atom stereocenters. The summed E-state index contributed by atoms with van der Waals surface area (Å²) in [5.41, 5.74) is 1.29. The van der Waals surface area contributed by atoms with Crippen LogP contribution < -0.4 is 5.32 Å². The topological polar surface area (TPSA) is 37.8 Å². The van der Waals surface area contributed by atoms with Crippen LogP contribution in [0, 0.1) is 0 Å². The second-order valence-electron chi connectivity index (χ2n) is 3.61. The van der Waals surface area contributed by atoms with E-state index in [0.29, 0.717) is 0 Å². The summed E-state index contributed by atoms with van der Waals surface area (Å²) in [4.78, 5) is 0. The normalized spacial score (nSPS) is 10.6. The number of likely N-dealkylation sites (N-methyl/N-ethyl adjacent to an activating group) is 1. The third-order valence-corrected chi connectivity index (χ3v) is 3.28. The van der Waals surface area contributed by atoms with Crippen molar-refractivity contribution in [2.75, 3.05) is 13.6 Å². The van der Waals surface area contributed by atoms with Crippen LogP contribution in [0.15, 0.2) is 30.3 Å². The lowest BCUT2D eigenvalue weighted by atomic mass is 10.2. The molecule has 1 aromatic heterocycles. The molecule has 2 aromatic rings. The molecule has 0 aliphatic heterocycles. The molecule has 2 rings (SSSR count). The van der Waals surface area contributed by atoms with Crippen molar-refractivity contribution in [1.29, 1.82) is 0 Å². The van der Waals surface area contributed by atoms with E-state index in [4.69, 9.17) is 0 Å². The Morgan fingerprint density at radius 2 is 1.88 bits per heavy atom. The number of nitrogens with one attached hydrogen (secondary N) is 1. The summed E-state index contributed by atoms with van der Waals surface area (Å²) < 4.78 is 0. The van der Waals surface area contributed by atoms with Crippen molar-refractivity contribution >= 4 is 11.3 Å². The number of rotatable bonds is 5. The van der Waals surface area contributed by atoms with E-state index in [-0.39, 0.29) is 0 Å². The first-order valence-corrected chi connectivity index (χ1v) is 6.20. The lowest BCUT2D eigenvalue weighted by Crippen LogP contribution is -2.09. The summed E-state index contributed by atoms with van der Waals surface area (Å²) in [7, 11) is 1.95. The lowest BCUT2D eigenvalue weighted by molar-refractivity contribution is 0.777. The molecule has 1 N–H and O–H groups in total. The highest BCUT2D eigenvalue weighted by atomic mass is 32.1. The second kappa shape index (κ2) is 5.72. The van der Waals surface area contributed by atoms with Gasteiger partial charge in [0.05, 0.1) is 0 Å². The minimum absolute atomic E-state index is 0.887. The van der Waals surface area contributed by atoms with Gasteiger partial charge in [0.15, 0.2) is 0 Å². The van der Waals surface area contributed by atoms with Crippen molar-refractivity contribution in [2.45, 2.75) is 12.8 Å². The van der Waals surface area contributed by atoms with Crippen molar-refractivity contribution in [3.63, 3.8) is 0 Å². The molecular weight excluding hydrogens is 218 g/mol. The first kappa shape index (κ1) is 11.2. The van der Waals surface area contributed by atoms with Gasteiger partial charge in [0, 0.05) is 19.4 Å². The van der Waals surface area contributed by atoms with Crippen LogP contribution in [0.3, 0.4) is 0 Å². The molecule has 0 saturated heterocycles. The first-order valence-electron chi connectivity index (χ1n) is 5.38. The maximum Gasteiger partial charge on any atom is 0.121 e. The van der Waals surface area contributed by atoms with E-state index >= 15 is 0 Å². The Morgan fingerprint density at radius 1 is 1.12 bits per heavy atom.